The molecule has 2 aromatic heterocycles. The zero-order valence-corrected chi connectivity index (χ0v) is 11.0. The lowest BCUT2D eigenvalue weighted by Gasteiger charge is -2.05. The van der Waals surface area contributed by atoms with Crippen molar-refractivity contribution in [1.29, 1.82) is 0 Å². The molecule has 104 valence electrons. The van der Waals surface area contributed by atoms with E-state index in [0.29, 0.717) is 5.69 Å². The molecule has 0 saturated carbocycles. The number of nitrogens with one attached hydrogen (secondary N) is 2. The summed E-state index contributed by atoms with van der Waals surface area (Å²) < 4.78 is 4.92. The van der Waals surface area contributed by atoms with Crippen LogP contribution in [0.5, 0.6) is 0 Å². The molecule has 0 aromatic carbocycles. The summed E-state index contributed by atoms with van der Waals surface area (Å²) in [6.45, 7) is 3.61. The van der Waals surface area contributed by atoms with Crippen LogP contribution in [0.3, 0.4) is 0 Å². The number of H-pyrrole nitrogens is 1. The summed E-state index contributed by atoms with van der Waals surface area (Å²) in [4.78, 5) is 31.3. The highest BCUT2D eigenvalue weighted by molar-refractivity contribution is 6.07. The maximum atomic E-state index is 12.0. The number of hydrogen-bond donors (Lipinski definition) is 2. The Labute approximate surface area is 114 Å². The molecule has 8 nitrogen and oxygen atoms in total. The second kappa shape index (κ2) is 5.91. The van der Waals surface area contributed by atoms with Crippen LogP contribution in [0.25, 0.3) is 0 Å². The highest BCUT2D eigenvalue weighted by Gasteiger charge is 2.21. The van der Waals surface area contributed by atoms with Crippen molar-refractivity contribution in [3.63, 3.8) is 0 Å². The van der Waals surface area contributed by atoms with Crippen LogP contribution >= 0.6 is 0 Å². The first kappa shape index (κ1) is 13.7. The Balaban J connectivity index is 2.22. The van der Waals surface area contributed by atoms with E-state index in [4.69, 9.17) is 4.74 Å². The summed E-state index contributed by atoms with van der Waals surface area (Å²) in [7, 11) is 0. The predicted molar refractivity (Wildman–Crippen MR) is 69.3 cm³/mol. The minimum Gasteiger partial charge on any atom is -0.462 e. The van der Waals surface area contributed by atoms with Crippen molar-refractivity contribution >= 4 is 17.7 Å². The Hall–Kier alpha value is -2.77. The average molecular weight is 275 g/mol. The normalized spacial score (nSPS) is 10.1. The van der Waals surface area contributed by atoms with Crippen molar-refractivity contribution in [1.82, 2.24) is 20.2 Å². The van der Waals surface area contributed by atoms with Crippen molar-refractivity contribution in [3.05, 3.63) is 35.5 Å². The fraction of sp³-hybridized carbons (Fsp3) is 0.250. The van der Waals surface area contributed by atoms with Gasteiger partial charge in [0.1, 0.15) is 11.9 Å². The van der Waals surface area contributed by atoms with Gasteiger partial charge in [-0.15, -0.1) is 0 Å². The standard InChI is InChI=1S/C12H13N5O3/c1-3-20-12(19)9-7(2)16-17-10(9)15-11(18)8-4-13-6-14-5-8/h4-6H,3H2,1-2H3,(H2,15,16,17,18). The number of nitrogens with zero attached hydrogens (tertiary/aromatic N) is 3. The number of rotatable bonds is 4. The molecule has 1 amide bonds. The molecule has 0 saturated heterocycles. The van der Waals surface area contributed by atoms with Gasteiger partial charge in [0.15, 0.2) is 5.82 Å². The van der Waals surface area contributed by atoms with Gasteiger partial charge in [-0.1, -0.05) is 0 Å². The quantitative estimate of drug-likeness (QED) is 0.803. The van der Waals surface area contributed by atoms with Gasteiger partial charge in [0.25, 0.3) is 5.91 Å². The smallest absolute Gasteiger partial charge is 0.343 e. The largest absolute Gasteiger partial charge is 0.462 e. The molecule has 20 heavy (non-hydrogen) atoms. The summed E-state index contributed by atoms with van der Waals surface area (Å²) in [5.41, 5.74) is 0.989. The van der Waals surface area contributed by atoms with Crippen LogP contribution in [0.15, 0.2) is 18.7 Å². The summed E-state index contributed by atoms with van der Waals surface area (Å²) in [6.07, 6.45) is 4.05. The number of anilines is 1. The van der Waals surface area contributed by atoms with Crippen LogP contribution in [0.2, 0.25) is 0 Å². The summed E-state index contributed by atoms with van der Waals surface area (Å²) >= 11 is 0. The molecule has 2 rings (SSSR count). The molecule has 0 atom stereocenters. The number of carbonyl (C=O) groups excluding carboxylic acids is 2. The Morgan fingerprint density at radius 2 is 2.05 bits per heavy atom. The van der Waals surface area contributed by atoms with Gasteiger partial charge in [-0.2, -0.15) is 5.10 Å². The van der Waals surface area contributed by atoms with E-state index >= 15 is 0 Å². The van der Waals surface area contributed by atoms with Crippen molar-refractivity contribution in [2.75, 3.05) is 11.9 Å². The van der Waals surface area contributed by atoms with E-state index in [1.54, 1.807) is 13.8 Å². The molecule has 8 heteroatoms. The van der Waals surface area contributed by atoms with Crippen LogP contribution in [0.4, 0.5) is 5.82 Å². The second-order valence-electron chi connectivity index (χ2n) is 3.87. The molecule has 2 aromatic rings. The van der Waals surface area contributed by atoms with E-state index in [1.165, 1.54) is 18.7 Å². The Bertz CT molecular complexity index is 623. The fourth-order valence-electron chi connectivity index (χ4n) is 1.57. The lowest BCUT2D eigenvalue weighted by atomic mass is 10.2. The number of esters is 1. The molecular weight excluding hydrogens is 262 g/mol. The van der Waals surface area contributed by atoms with E-state index in [2.05, 4.69) is 25.5 Å². The van der Waals surface area contributed by atoms with Gasteiger partial charge >= 0.3 is 5.97 Å². The first-order valence-corrected chi connectivity index (χ1v) is 5.92. The first-order valence-electron chi connectivity index (χ1n) is 5.92. The highest BCUT2D eigenvalue weighted by Crippen LogP contribution is 2.17. The number of aryl methyl sites for hydroxylation is 1. The van der Waals surface area contributed by atoms with Gasteiger partial charge in [0.05, 0.1) is 12.2 Å². The van der Waals surface area contributed by atoms with E-state index < -0.39 is 11.9 Å². The van der Waals surface area contributed by atoms with Gasteiger partial charge in [0.2, 0.25) is 0 Å². The van der Waals surface area contributed by atoms with Crippen LogP contribution in [-0.4, -0.2) is 38.6 Å². The highest BCUT2D eigenvalue weighted by atomic mass is 16.5. The maximum absolute atomic E-state index is 12.0. The summed E-state index contributed by atoms with van der Waals surface area (Å²) in [5.74, 6) is -0.879. The molecule has 0 spiro atoms. The number of aromatic nitrogens is 4. The lowest BCUT2D eigenvalue weighted by Crippen LogP contribution is -2.16. The number of carbonyl (C=O) groups is 2. The third-order valence-electron chi connectivity index (χ3n) is 2.48. The Morgan fingerprint density at radius 1 is 1.35 bits per heavy atom. The van der Waals surface area contributed by atoms with Gasteiger partial charge in [-0.05, 0) is 13.8 Å². The van der Waals surface area contributed by atoms with Gasteiger partial charge in [-0.25, -0.2) is 14.8 Å². The van der Waals surface area contributed by atoms with Gasteiger partial charge in [0, 0.05) is 18.1 Å². The van der Waals surface area contributed by atoms with Crippen LogP contribution in [0.1, 0.15) is 33.3 Å². The van der Waals surface area contributed by atoms with Gasteiger partial charge in [-0.3, -0.25) is 9.89 Å². The monoisotopic (exact) mass is 275 g/mol. The zero-order valence-electron chi connectivity index (χ0n) is 11.0. The lowest BCUT2D eigenvalue weighted by molar-refractivity contribution is 0.0527. The Kier molecular flexibility index (Phi) is 4.04. The van der Waals surface area contributed by atoms with Gasteiger partial charge < -0.3 is 10.1 Å². The minimum atomic E-state index is -0.543. The van der Waals surface area contributed by atoms with Crippen LogP contribution in [-0.2, 0) is 4.74 Å². The van der Waals surface area contributed by atoms with E-state index in [9.17, 15) is 9.59 Å². The SMILES string of the molecule is CCOC(=O)c1c(NC(=O)c2cncnc2)n[nH]c1C. The topological polar surface area (TPSA) is 110 Å². The number of amides is 1. The van der Waals surface area contributed by atoms with Crippen molar-refractivity contribution in [2.24, 2.45) is 0 Å². The zero-order chi connectivity index (χ0) is 14.5. The molecular formula is C12H13N5O3. The molecule has 0 aliphatic rings. The van der Waals surface area contributed by atoms with Crippen LogP contribution in [0, 0.1) is 6.92 Å². The van der Waals surface area contributed by atoms with E-state index in [-0.39, 0.29) is 23.6 Å². The van der Waals surface area contributed by atoms with Crippen molar-refractivity contribution < 1.29 is 14.3 Å². The predicted octanol–water partition coefficient (Wildman–Crippen LogP) is 0.937. The third-order valence-corrected chi connectivity index (χ3v) is 2.48. The molecule has 0 unspecified atom stereocenters. The van der Waals surface area contributed by atoms with E-state index in [1.807, 2.05) is 0 Å². The Morgan fingerprint density at radius 3 is 2.70 bits per heavy atom. The number of aromatic amines is 1. The maximum Gasteiger partial charge on any atom is 0.343 e. The first-order chi connectivity index (χ1) is 9.63. The van der Waals surface area contributed by atoms with Crippen molar-refractivity contribution in [3.8, 4) is 0 Å². The average Bonchev–Trinajstić information content (AvgIpc) is 2.81. The fourth-order valence-corrected chi connectivity index (χ4v) is 1.57. The number of hydrogen-bond acceptors (Lipinski definition) is 6. The minimum absolute atomic E-state index is 0.120. The third kappa shape index (κ3) is 2.79. The molecule has 0 fully saturated rings. The molecule has 2 heterocycles. The molecule has 0 radical (unpaired) electrons. The molecule has 2 N–H and O–H groups in total. The van der Waals surface area contributed by atoms with Crippen LogP contribution < -0.4 is 5.32 Å². The second-order valence-corrected chi connectivity index (χ2v) is 3.87. The molecule has 0 aliphatic heterocycles. The summed E-state index contributed by atoms with van der Waals surface area (Å²) in [6, 6.07) is 0. The molecule has 0 aliphatic carbocycles. The summed E-state index contributed by atoms with van der Waals surface area (Å²) in [5, 5.41) is 9.05. The van der Waals surface area contributed by atoms with E-state index in [0.717, 1.165) is 0 Å². The van der Waals surface area contributed by atoms with Crippen molar-refractivity contribution in [2.45, 2.75) is 13.8 Å². The molecule has 0 bridgehead atoms. The number of ether oxygens (including phenoxy) is 1.